The molecule has 0 radical (unpaired) electrons. The number of carbonyl (C=O) groups is 1. The van der Waals surface area contributed by atoms with Gasteiger partial charge in [-0.1, -0.05) is 29.8 Å². The number of rotatable bonds is 5. The number of carbonyl (C=O) groups excluding carboxylic acids is 1. The highest BCUT2D eigenvalue weighted by atomic mass is 32.2. The van der Waals surface area contributed by atoms with Crippen LogP contribution in [0.2, 0.25) is 0 Å². The van der Waals surface area contributed by atoms with E-state index in [4.69, 9.17) is 0 Å². The van der Waals surface area contributed by atoms with Gasteiger partial charge in [0.2, 0.25) is 15.9 Å². The van der Waals surface area contributed by atoms with Gasteiger partial charge in [-0.15, -0.1) is 0 Å². The minimum absolute atomic E-state index is 0.0407. The Hall–Kier alpha value is -2.29. The topological polar surface area (TPSA) is 60.9 Å². The van der Waals surface area contributed by atoms with Gasteiger partial charge < -0.3 is 4.90 Å². The maximum Gasteiger partial charge on any atom is 0.243 e. The van der Waals surface area contributed by atoms with E-state index >= 15 is 0 Å². The minimum Gasteiger partial charge on any atom is -0.340 e. The van der Waals surface area contributed by atoms with Crippen LogP contribution < -0.4 is 0 Å². The van der Waals surface area contributed by atoms with Crippen LogP contribution in [0.1, 0.15) is 24.0 Å². The van der Waals surface area contributed by atoms with Gasteiger partial charge >= 0.3 is 0 Å². The van der Waals surface area contributed by atoms with Gasteiger partial charge in [0.05, 0.1) is 10.8 Å². The summed E-state index contributed by atoms with van der Waals surface area (Å²) in [6.45, 7) is 6.45. The Kier molecular flexibility index (Phi) is 6.93. The Morgan fingerprint density at radius 2 is 1.62 bits per heavy atom. The summed E-state index contributed by atoms with van der Waals surface area (Å²) in [5.41, 5.74) is 2.51. The Balaban J connectivity index is 1.33. The van der Waals surface area contributed by atoms with Crippen LogP contribution in [0.4, 0.5) is 4.39 Å². The molecule has 6 nitrogen and oxygen atoms in total. The molecule has 0 N–H and O–H groups in total. The van der Waals surface area contributed by atoms with Gasteiger partial charge in [0.1, 0.15) is 5.82 Å². The highest BCUT2D eigenvalue weighted by Crippen LogP contribution is 2.25. The zero-order valence-electron chi connectivity index (χ0n) is 18.4. The Morgan fingerprint density at radius 3 is 2.28 bits per heavy atom. The molecule has 0 unspecified atom stereocenters. The molecule has 2 aliphatic heterocycles. The van der Waals surface area contributed by atoms with Crippen LogP contribution in [0.5, 0.6) is 0 Å². The highest BCUT2D eigenvalue weighted by molar-refractivity contribution is 7.89. The van der Waals surface area contributed by atoms with Crippen LogP contribution in [0.25, 0.3) is 0 Å². The van der Waals surface area contributed by atoms with Crippen molar-refractivity contribution in [2.24, 2.45) is 5.92 Å². The minimum atomic E-state index is -3.73. The third-order valence-corrected chi connectivity index (χ3v) is 8.27. The molecule has 2 saturated heterocycles. The number of hydrogen-bond acceptors (Lipinski definition) is 4. The predicted octanol–water partition coefficient (Wildman–Crippen LogP) is 2.88. The summed E-state index contributed by atoms with van der Waals surface area (Å²) >= 11 is 0. The Bertz CT molecular complexity index is 1030. The predicted molar refractivity (Wildman–Crippen MR) is 121 cm³/mol. The average Bonchev–Trinajstić information content (AvgIpc) is 2.81. The van der Waals surface area contributed by atoms with E-state index < -0.39 is 15.8 Å². The molecule has 0 aliphatic carbocycles. The lowest BCUT2D eigenvalue weighted by molar-refractivity contribution is -0.138. The molecule has 0 aromatic heterocycles. The number of benzene rings is 2. The van der Waals surface area contributed by atoms with Crippen LogP contribution in [-0.2, 0) is 21.4 Å². The number of hydrogen-bond donors (Lipinski definition) is 0. The fraction of sp³-hybridized carbons (Fsp3) is 0.458. The van der Waals surface area contributed by atoms with Crippen molar-refractivity contribution >= 4 is 15.9 Å². The molecule has 2 heterocycles. The molecule has 8 heteroatoms. The number of nitrogens with zero attached hydrogens (tertiary/aromatic N) is 3. The Labute approximate surface area is 189 Å². The SMILES string of the molecule is Cc1ccc(CN2CCN(C(=O)[C@@H]3CCCN(S(=O)(=O)c4ccc(F)cc4)C3)CC2)cc1. The summed E-state index contributed by atoms with van der Waals surface area (Å²) in [4.78, 5) is 17.4. The van der Waals surface area contributed by atoms with E-state index in [2.05, 4.69) is 36.1 Å². The van der Waals surface area contributed by atoms with Crippen LogP contribution in [0.3, 0.4) is 0 Å². The van der Waals surface area contributed by atoms with Crippen molar-refractivity contribution in [1.82, 2.24) is 14.1 Å². The van der Waals surface area contributed by atoms with Gasteiger partial charge in [0.25, 0.3) is 0 Å². The van der Waals surface area contributed by atoms with Crippen molar-refractivity contribution < 1.29 is 17.6 Å². The molecule has 0 saturated carbocycles. The molecule has 1 atom stereocenters. The molecule has 2 aliphatic rings. The van der Waals surface area contributed by atoms with Gasteiger partial charge in [0.15, 0.2) is 0 Å². The molecule has 0 bridgehead atoms. The van der Waals surface area contributed by atoms with E-state index in [1.807, 2.05) is 4.90 Å². The van der Waals surface area contributed by atoms with Gasteiger partial charge in [-0.05, 0) is 49.6 Å². The molecule has 2 aromatic rings. The van der Waals surface area contributed by atoms with Crippen molar-refractivity contribution in [3.63, 3.8) is 0 Å². The van der Waals surface area contributed by atoms with Crippen molar-refractivity contribution in [3.8, 4) is 0 Å². The maximum absolute atomic E-state index is 13.2. The van der Waals surface area contributed by atoms with Crippen LogP contribution in [0.15, 0.2) is 53.4 Å². The molecule has 32 heavy (non-hydrogen) atoms. The van der Waals surface area contributed by atoms with E-state index in [-0.39, 0.29) is 23.3 Å². The largest absolute Gasteiger partial charge is 0.340 e. The third kappa shape index (κ3) is 5.19. The monoisotopic (exact) mass is 459 g/mol. The molecule has 2 aromatic carbocycles. The number of halogens is 1. The number of sulfonamides is 1. The van der Waals surface area contributed by atoms with Crippen molar-refractivity contribution in [1.29, 1.82) is 0 Å². The molecule has 2 fully saturated rings. The van der Waals surface area contributed by atoms with Crippen LogP contribution in [0, 0.1) is 18.7 Å². The molecule has 4 rings (SSSR count). The molecular weight excluding hydrogens is 429 g/mol. The highest BCUT2D eigenvalue weighted by Gasteiger charge is 2.35. The first-order valence-corrected chi connectivity index (χ1v) is 12.6. The van der Waals surface area contributed by atoms with E-state index in [0.717, 1.165) is 31.8 Å². The van der Waals surface area contributed by atoms with E-state index in [1.54, 1.807) is 0 Å². The fourth-order valence-corrected chi connectivity index (χ4v) is 5.98. The van der Waals surface area contributed by atoms with Gasteiger partial charge in [-0.3, -0.25) is 9.69 Å². The smallest absolute Gasteiger partial charge is 0.243 e. The second kappa shape index (κ2) is 9.68. The summed E-state index contributed by atoms with van der Waals surface area (Å²) in [5.74, 6) is -0.765. The normalized spacial score (nSPS) is 20.9. The van der Waals surface area contributed by atoms with Crippen LogP contribution >= 0.6 is 0 Å². The van der Waals surface area contributed by atoms with Crippen molar-refractivity contribution in [2.75, 3.05) is 39.3 Å². The standard InChI is InChI=1S/C24H30FN3O3S/c1-19-4-6-20(7-5-19)17-26-13-15-27(16-14-26)24(29)21-3-2-12-28(18-21)32(30,31)23-10-8-22(25)9-11-23/h4-11,21H,2-3,12-18H2,1H3/t21-/m1/s1. The Morgan fingerprint density at radius 1 is 0.969 bits per heavy atom. The molecule has 1 amide bonds. The van der Waals surface area contributed by atoms with Gasteiger partial charge in [-0.2, -0.15) is 4.31 Å². The number of piperazine rings is 1. The lowest BCUT2D eigenvalue weighted by Crippen LogP contribution is -2.52. The zero-order valence-corrected chi connectivity index (χ0v) is 19.2. The van der Waals surface area contributed by atoms with E-state index in [9.17, 15) is 17.6 Å². The van der Waals surface area contributed by atoms with Crippen molar-refractivity contribution in [3.05, 3.63) is 65.5 Å². The molecule has 172 valence electrons. The molecular formula is C24H30FN3O3S. The van der Waals surface area contributed by atoms with E-state index in [1.165, 1.54) is 27.6 Å². The maximum atomic E-state index is 13.2. The third-order valence-electron chi connectivity index (χ3n) is 6.40. The first kappa shape index (κ1) is 22.9. The fourth-order valence-electron chi connectivity index (χ4n) is 4.45. The van der Waals surface area contributed by atoms with Gasteiger partial charge in [-0.25, -0.2) is 12.8 Å². The summed E-state index contributed by atoms with van der Waals surface area (Å²) in [5, 5.41) is 0. The van der Waals surface area contributed by atoms with Crippen LogP contribution in [-0.4, -0.2) is 67.7 Å². The number of amides is 1. The first-order chi connectivity index (χ1) is 15.3. The lowest BCUT2D eigenvalue weighted by Gasteiger charge is -2.38. The summed E-state index contributed by atoms with van der Waals surface area (Å²) in [6, 6.07) is 13.4. The summed E-state index contributed by atoms with van der Waals surface area (Å²) < 4.78 is 40.5. The quantitative estimate of drug-likeness (QED) is 0.690. The van der Waals surface area contributed by atoms with Crippen molar-refractivity contribution in [2.45, 2.75) is 31.2 Å². The van der Waals surface area contributed by atoms with E-state index in [0.29, 0.717) is 32.5 Å². The average molecular weight is 460 g/mol. The summed E-state index contributed by atoms with van der Waals surface area (Å²) in [7, 11) is -3.73. The zero-order chi connectivity index (χ0) is 22.7. The first-order valence-electron chi connectivity index (χ1n) is 11.2. The second-order valence-corrected chi connectivity index (χ2v) is 10.7. The lowest BCUT2D eigenvalue weighted by atomic mass is 9.97. The number of aryl methyl sites for hydroxylation is 1. The van der Waals surface area contributed by atoms with Gasteiger partial charge in [0, 0.05) is 45.8 Å². The second-order valence-electron chi connectivity index (χ2n) is 8.74. The summed E-state index contributed by atoms with van der Waals surface area (Å²) in [6.07, 6.45) is 1.34. The number of piperidine rings is 1. The molecule has 0 spiro atoms.